The minimum atomic E-state index is -0.962. The van der Waals surface area contributed by atoms with Crippen LogP contribution in [-0.2, 0) is 0 Å². The number of aliphatic hydroxyl groups is 1. The van der Waals surface area contributed by atoms with Crippen LogP contribution in [0.3, 0.4) is 0 Å². The molecule has 0 aliphatic rings. The topological polar surface area (TPSA) is 20.2 Å². The fourth-order valence-corrected chi connectivity index (χ4v) is 2.47. The Hall–Kier alpha value is 0.177. The molecule has 0 aromatic rings. The van der Waals surface area contributed by atoms with Gasteiger partial charge in [-0.05, 0) is 6.42 Å². The van der Waals surface area contributed by atoms with E-state index in [1.807, 2.05) is 0 Å². The number of aliphatic hydroxyl groups excluding tert-OH is 1. The highest BCUT2D eigenvalue weighted by Gasteiger charge is 2.23. The molecule has 1 nitrogen and oxygen atoms in total. The maximum absolute atomic E-state index is 8.63. The van der Waals surface area contributed by atoms with E-state index in [4.69, 9.17) is 5.11 Å². The summed E-state index contributed by atoms with van der Waals surface area (Å²) in [6.07, 6.45) is 0.997. The highest BCUT2D eigenvalue weighted by molar-refractivity contribution is 6.78. The highest BCUT2D eigenvalue weighted by Crippen LogP contribution is 2.25. The summed E-state index contributed by atoms with van der Waals surface area (Å²) in [7, 11) is -0.962. The second-order valence-corrected chi connectivity index (χ2v) is 9.60. The van der Waals surface area contributed by atoms with Gasteiger partial charge in [-0.3, -0.25) is 0 Å². The van der Waals surface area contributed by atoms with Crippen LogP contribution in [0.15, 0.2) is 0 Å². The maximum Gasteiger partial charge on any atom is 0.0500 e. The molecule has 62 valence electrons. The van der Waals surface area contributed by atoms with Crippen LogP contribution in [0, 0.1) is 0 Å². The zero-order chi connectivity index (χ0) is 8.20. The average Bonchev–Trinajstić information content (AvgIpc) is 1.84. The van der Waals surface area contributed by atoms with Crippen molar-refractivity contribution in [2.24, 2.45) is 0 Å². The third-order valence-electron chi connectivity index (χ3n) is 2.54. The lowest BCUT2D eigenvalue weighted by atomic mass is 10.5. The Morgan fingerprint density at radius 1 is 1.30 bits per heavy atom. The van der Waals surface area contributed by atoms with E-state index in [1.165, 1.54) is 6.04 Å². The Morgan fingerprint density at radius 2 is 1.80 bits per heavy atom. The molecule has 0 aliphatic carbocycles. The van der Waals surface area contributed by atoms with Gasteiger partial charge >= 0.3 is 0 Å². The van der Waals surface area contributed by atoms with Gasteiger partial charge in [0.05, 0.1) is 0 Å². The maximum atomic E-state index is 8.63. The first-order valence-corrected chi connectivity index (χ1v) is 7.40. The van der Waals surface area contributed by atoms with Crippen molar-refractivity contribution in [3.05, 3.63) is 0 Å². The number of rotatable bonds is 4. The summed E-state index contributed by atoms with van der Waals surface area (Å²) in [5.41, 5.74) is 0.846. The zero-order valence-electron chi connectivity index (χ0n) is 7.65. The fourth-order valence-electron chi connectivity index (χ4n) is 0.823. The molecule has 1 N–H and O–H groups in total. The lowest BCUT2D eigenvalue weighted by molar-refractivity contribution is 0.294. The summed E-state index contributed by atoms with van der Waals surface area (Å²) >= 11 is 0. The SMILES string of the molecule is CC(C)[Si](C)(C)CCCO. The summed E-state index contributed by atoms with van der Waals surface area (Å²) in [6, 6.07) is 1.27. The van der Waals surface area contributed by atoms with Gasteiger partial charge in [-0.1, -0.05) is 38.5 Å². The van der Waals surface area contributed by atoms with Crippen molar-refractivity contribution < 1.29 is 5.11 Å². The lowest BCUT2D eigenvalue weighted by Gasteiger charge is -2.26. The van der Waals surface area contributed by atoms with E-state index in [9.17, 15) is 0 Å². The zero-order valence-corrected chi connectivity index (χ0v) is 8.65. The van der Waals surface area contributed by atoms with Crippen LogP contribution in [-0.4, -0.2) is 19.8 Å². The highest BCUT2D eigenvalue weighted by atomic mass is 28.3. The Kier molecular flexibility index (Phi) is 4.21. The van der Waals surface area contributed by atoms with Crippen LogP contribution in [0.25, 0.3) is 0 Å². The Balaban J connectivity index is 3.63. The van der Waals surface area contributed by atoms with Crippen LogP contribution in [0.2, 0.25) is 24.7 Å². The second-order valence-electron chi connectivity index (χ2n) is 3.97. The van der Waals surface area contributed by atoms with E-state index < -0.39 is 8.07 Å². The molecule has 2 heteroatoms. The predicted octanol–water partition coefficient (Wildman–Crippen LogP) is 2.49. The van der Waals surface area contributed by atoms with Crippen molar-refractivity contribution in [3.8, 4) is 0 Å². The van der Waals surface area contributed by atoms with Crippen molar-refractivity contribution in [3.63, 3.8) is 0 Å². The van der Waals surface area contributed by atoms with Gasteiger partial charge in [-0.25, -0.2) is 0 Å². The molecule has 0 atom stereocenters. The minimum absolute atomic E-state index is 0.364. The summed E-state index contributed by atoms with van der Waals surface area (Å²) < 4.78 is 0. The summed E-state index contributed by atoms with van der Waals surface area (Å²) in [5.74, 6) is 0. The van der Waals surface area contributed by atoms with Gasteiger partial charge in [-0.2, -0.15) is 0 Å². The van der Waals surface area contributed by atoms with Crippen molar-refractivity contribution in [2.45, 2.75) is 44.9 Å². The molecule has 0 rings (SSSR count). The third-order valence-corrected chi connectivity index (χ3v) is 7.31. The Labute approximate surface area is 65.5 Å². The van der Waals surface area contributed by atoms with Crippen LogP contribution in [0.5, 0.6) is 0 Å². The van der Waals surface area contributed by atoms with Gasteiger partial charge in [0.2, 0.25) is 0 Å². The molecular weight excluding hydrogens is 140 g/mol. The second kappa shape index (κ2) is 4.14. The van der Waals surface area contributed by atoms with Gasteiger partial charge in [0.15, 0.2) is 0 Å². The summed E-state index contributed by atoms with van der Waals surface area (Å²) in [4.78, 5) is 0. The van der Waals surface area contributed by atoms with Gasteiger partial charge in [-0.15, -0.1) is 0 Å². The van der Waals surface area contributed by atoms with E-state index in [0.29, 0.717) is 6.61 Å². The minimum Gasteiger partial charge on any atom is -0.396 e. The molecule has 0 aromatic heterocycles. The van der Waals surface area contributed by atoms with Crippen LogP contribution >= 0.6 is 0 Å². The summed E-state index contributed by atoms with van der Waals surface area (Å²) in [6.45, 7) is 9.75. The molecule has 0 saturated heterocycles. The van der Waals surface area contributed by atoms with Gasteiger partial charge in [0.1, 0.15) is 0 Å². The van der Waals surface area contributed by atoms with Crippen LogP contribution < -0.4 is 0 Å². The molecule has 0 heterocycles. The van der Waals surface area contributed by atoms with Crippen LogP contribution in [0.4, 0.5) is 0 Å². The summed E-state index contributed by atoms with van der Waals surface area (Å²) in [5, 5.41) is 8.63. The normalized spacial score (nSPS) is 12.6. The number of hydrogen-bond acceptors (Lipinski definition) is 1. The third kappa shape index (κ3) is 3.37. The standard InChI is InChI=1S/C8H20OSi/c1-8(2)10(3,4)7-5-6-9/h8-9H,5-7H2,1-4H3. The predicted molar refractivity (Wildman–Crippen MR) is 49.1 cm³/mol. The molecule has 0 aliphatic heterocycles. The first-order chi connectivity index (χ1) is 4.50. The molecule has 0 aromatic carbocycles. The van der Waals surface area contributed by atoms with Gasteiger partial charge < -0.3 is 5.11 Å². The quantitative estimate of drug-likeness (QED) is 0.626. The lowest BCUT2D eigenvalue weighted by Crippen LogP contribution is -2.29. The van der Waals surface area contributed by atoms with Crippen molar-refractivity contribution in [2.75, 3.05) is 6.61 Å². The fraction of sp³-hybridized carbons (Fsp3) is 1.00. The molecule has 0 radical (unpaired) electrons. The average molecular weight is 160 g/mol. The molecule has 0 spiro atoms. The van der Waals surface area contributed by atoms with Crippen molar-refractivity contribution in [1.82, 2.24) is 0 Å². The Bertz CT molecular complexity index is 89.3. The van der Waals surface area contributed by atoms with E-state index >= 15 is 0 Å². The van der Waals surface area contributed by atoms with E-state index in [0.717, 1.165) is 12.0 Å². The monoisotopic (exact) mass is 160 g/mol. The Morgan fingerprint density at radius 3 is 2.10 bits per heavy atom. The molecule has 0 unspecified atom stereocenters. The molecule has 0 bridgehead atoms. The van der Waals surface area contributed by atoms with Crippen LogP contribution in [0.1, 0.15) is 20.3 Å². The van der Waals surface area contributed by atoms with Gasteiger partial charge in [0, 0.05) is 14.7 Å². The first-order valence-electron chi connectivity index (χ1n) is 4.11. The van der Waals surface area contributed by atoms with E-state index in [-0.39, 0.29) is 0 Å². The van der Waals surface area contributed by atoms with E-state index in [2.05, 4.69) is 26.9 Å². The molecule has 10 heavy (non-hydrogen) atoms. The molecule has 0 amide bonds. The molecular formula is C8H20OSi. The number of hydrogen-bond donors (Lipinski definition) is 1. The van der Waals surface area contributed by atoms with Crippen molar-refractivity contribution in [1.29, 1.82) is 0 Å². The molecule has 0 fully saturated rings. The first kappa shape index (κ1) is 10.2. The largest absolute Gasteiger partial charge is 0.396 e. The molecule has 0 saturated carbocycles. The van der Waals surface area contributed by atoms with Crippen molar-refractivity contribution >= 4 is 8.07 Å². The smallest absolute Gasteiger partial charge is 0.0500 e. The van der Waals surface area contributed by atoms with E-state index in [1.54, 1.807) is 0 Å². The van der Waals surface area contributed by atoms with Gasteiger partial charge in [0.25, 0.3) is 0 Å².